The Morgan fingerprint density at radius 3 is 2.42 bits per heavy atom. The Labute approximate surface area is 255 Å². The molecule has 2 fully saturated rings. The van der Waals surface area contributed by atoms with Gasteiger partial charge in [-0.25, -0.2) is 4.39 Å². The Balaban J connectivity index is 1.19. The van der Waals surface area contributed by atoms with E-state index in [9.17, 15) is 14.0 Å². The summed E-state index contributed by atoms with van der Waals surface area (Å²) in [4.78, 5) is 31.0. The first kappa shape index (κ1) is 29.4. The molecule has 1 saturated carbocycles. The number of carbonyl (C=O) groups excluding carboxylic acids is 1. The number of ether oxygens (including phenoxy) is 2. The molecule has 2 N–H and O–H groups in total. The zero-order chi connectivity index (χ0) is 30.1. The van der Waals surface area contributed by atoms with E-state index in [2.05, 4.69) is 17.1 Å². The van der Waals surface area contributed by atoms with Gasteiger partial charge >= 0.3 is 0 Å². The highest BCUT2D eigenvalue weighted by Gasteiger charge is 2.47. The number of hydrogen-bond acceptors (Lipinski definition) is 4. The molecule has 1 saturated heterocycles. The minimum Gasteiger partial charge on any atom is -0.493 e. The van der Waals surface area contributed by atoms with Gasteiger partial charge in [0.2, 0.25) is 0 Å². The third-order valence-corrected chi connectivity index (χ3v) is 9.41. The van der Waals surface area contributed by atoms with Crippen molar-refractivity contribution < 1.29 is 23.6 Å². The normalized spacial score (nSPS) is 21.2. The Morgan fingerprint density at radius 2 is 1.72 bits per heavy atom. The largest absolute Gasteiger partial charge is 0.493 e. The van der Waals surface area contributed by atoms with Crippen LogP contribution in [0.15, 0.2) is 65.6 Å². The molecule has 4 aromatic rings. The third-order valence-electron chi connectivity index (χ3n) is 9.17. The summed E-state index contributed by atoms with van der Waals surface area (Å²) in [5.41, 5.74) is 3.46. The molecule has 43 heavy (non-hydrogen) atoms. The van der Waals surface area contributed by atoms with E-state index in [0.29, 0.717) is 47.5 Å². The van der Waals surface area contributed by atoms with Crippen LogP contribution in [0.2, 0.25) is 5.02 Å². The molecule has 224 valence electrons. The number of carbonyl (C=O) groups is 1. The maximum Gasteiger partial charge on any atom is 0.200 e. The van der Waals surface area contributed by atoms with Crippen LogP contribution in [0, 0.1) is 17.7 Å². The standard InChI is InChI=1S/C35H36ClFN2O4/c1-3-42-32-15-21(16-33(43-4-2)34(32)22-5-9-25(37)10-6-22)20-39-14-13-26-23(7-12-30(26)39)17-31(40)28-19-38-29-18-24(36)8-11-27(29)35(28)41/h5-6,8-11,15-16,18-19,23,26,30H,3-4,7,12-14,17,20H2,1-2H3,(H,38,41)/p+1/t23?,26-,30+/m0/s1. The summed E-state index contributed by atoms with van der Waals surface area (Å²) in [5.74, 6) is 1.83. The number of Topliss-reactive ketones (excluding diaryl/α,β-unsaturated/α-hetero) is 1. The van der Waals surface area contributed by atoms with E-state index in [1.807, 2.05) is 13.8 Å². The molecule has 4 atom stereocenters. The third kappa shape index (κ3) is 5.93. The van der Waals surface area contributed by atoms with Crippen molar-refractivity contribution in [2.75, 3.05) is 19.8 Å². The highest BCUT2D eigenvalue weighted by atomic mass is 35.5. The fraction of sp³-hybridized carbons (Fsp3) is 0.371. The van der Waals surface area contributed by atoms with E-state index >= 15 is 0 Å². The molecule has 0 radical (unpaired) electrons. The molecular formula is C35H37ClFN2O4+. The van der Waals surface area contributed by atoms with Crippen molar-refractivity contribution in [2.24, 2.45) is 11.8 Å². The van der Waals surface area contributed by atoms with Gasteiger partial charge in [-0.1, -0.05) is 23.7 Å². The highest BCUT2D eigenvalue weighted by molar-refractivity contribution is 6.31. The molecule has 1 aliphatic carbocycles. The summed E-state index contributed by atoms with van der Waals surface area (Å²) in [6.45, 7) is 6.80. The van der Waals surface area contributed by atoms with Crippen LogP contribution in [0.5, 0.6) is 11.5 Å². The summed E-state index contributed by atoms with van der Waals surface area (Å²) in [7, 11) is 0. The smallest absolute Gasteiger partial charge is 0.200 e. The van der Waals surface area contributed by atoms with Gasteiger partial charge in [0, 0.05) is 40.9 Å². The zero-order valence-corrected chi connectivity index (χ0v) is 25.3. The lowest BCUT2D eigenvalue weighted by Crippen LogP contribution is -3.12. The zero-order valence-electron chi connectivity index (χ0n) is 24.6. The van der Waals surface area contributed by atoms with E-state index in [-0.39, 0.29) is 28.5 Å². The van der Waals surface area contributed by atoms with Crippen molar-refractivity contribution in [1.29, 1.82) is 0 Å². The monoisotopic (exact) mass is 603 g/mol. The number of fused-ring (bicyclic) bond motifs is 2. The van der Waals surface area contributed by atoms with Crippen LogP contribution in [0.4, 0.5) is 4.39 Å². The number of aromatic nitrogens is 1. The van der Waals surface area contributed by atoms with Crippen molar-refractivity contribution >= 4 is 28.3 Å². The van der Waals surface area contributed by atoms with Crippen LogP contribution in [-0.2, 0) is 6.54 Å². The Kier molecular flexibility index (Phi) is 8.55. The van der Waals surface area contributed by atoms with Crippen molar-refractivity contribution in [3.63, 3.8) is 0 Å². The highest BCUT2D eigenvalue weighted by Crippen LogP contribution is 2.41. The number of aromatic amines is 1. The topological polar surface area (TPSA) is 72.8 Å². The quantitative estimate of drug-likeness (QED) is 0.211. The second kappa shape index (κ2) is 12.5. The summed E-state index contributed by atoms with van der Waals surface area (Å²) < 4.78 is 25.8. The predicted octanol–water partition coefficient (Wildman–Crippen LogP) is 6.24. The van der Waals surface area contributed by atoms with Gasteiger partial charge in [0.1, 0.15) is 23.9 Å². The Hall–Kier alpha value is -3.68. The van der Waals surface area contributed by atoms with Crippen molar-refractivity contribution in [3.8, 4) is 22.6 Å². The average molecular weight is 604 g/mol. The fourth-order valence-corrected chi connectivity index (χ4v) is 7.47. The molecule has 2 heterocycles. The van der Waals surface area contributed by atoms with Gasteiger partial charge in [0.25, 0.3) is 0 Å². The lowest BCUT2D eigenvalue weighted by Gasteiger charge is -2.23. The van der Waals surface area contributed by atoms with Crippen LogP contribution >= 0.6 is 11.6 Å². The van der Waals surface area contributed by atoms with Crippen LogP contribution < -0.4 is 19.8 Å². The van der Waals surface area contributed by atoms with Crippen LogP contribution in [0.1, 0.15) is 55.5 Å². The van der Waals surface area contributed by atoms with E-state index in [0.717, 1.165) is 60.5 Å². The molecule has 6 rings (SSSR count). The average Bonchev–Trinajstić information content (AvgIpc) is 3.57. The first-order chi connectivity index (χ1) is 20.9. The first-order valence-electron chi connectivity index (χ1n) is 15.2. The number of rotatable bonds is 10. The van der Waals surface area contributed by atoms with E-state index in [1.165, 1.54) is 17.0 Å². The summed E-state index contributed by atoms with van der Waals surface area (Å²) in [5, 5.41) is 1.03. The number of H-pyrrole nitrogens is 1. The molecule has 3 aromatic carbocycles. The molecule has 8 heteroatoms. The lowest BCUT2D eigenvalue weighted by molar-refractivity contribution is -0.927. The molecule has 2 aliphatic rings. The maximum absolute atomic E-state index is 13.7. The predicted molar refractivity (Wildman–Crippen MR) is 167 cm³/mol. The summed E-state index contributed by atoms with van der Waals surface area (Å²) >= 11 is 6.07. The first-order valence-corrected chi connectivity index (χ1v) is 15.6. The molecule has 0 amide bonds. The molecular weight excluding hydrogens is 567 g/mol. The van der Waals surface area contributed by atoms with Gasteiger partial charge in [-0.2, -0.15) is 0 Å². The second-order valence-electron chi connectivity index (χ2n) is 11.7. The van der Waals surface area contributed by atoms with Gasteiger partial charge in [0.05, 0.1) is 42.4 Å². The molecule has 1 aromatic heterocycles. The van der Waals surface area contributed by atoms with Crippen molar-refractivity contribution in [2.45, 2.75) is 52.1 Å². The maximum atomic E-state index is 13.7. The minimum atomic E-state index is -0.283. The van der Waals surface area contributed by atoms with Gasteiger partial charge in [0.15, 0.2) is 11.2 Å². The molecule has 0 bridgehead atoms. The van der Waals surface area contributed by atoms with Crippen molar-refractivity contribution in [1.82, 2.24) is 4.98 Å². The summed E-state index contributed by atoms with van der Waals surface area (Å²) in [6, 6.07) is 16.1. The fourth-order valence-electron chi connectivity index (χ4n) is 7.30. The summed E-state index contributed by atoms with van der Waals surface area (Å²) in [6.07, 6.45) is 5.06. The number of likely N-dealkylation sites (tertiary alicyclic amines) is 1. The number of benzene rings is 3. The van der Waals surface area contributed by atoms with Gasteiger partial charge in [-0.05, 0) is 80.6 Å². The number of halogens is 2. The molecule has 2 unspecified atom stereocenters. The Bertz CT molecular complexity index is 1680. The van der Waals surface area contributed by atoms with Gasteiger partial charge < -0.3 is 19.4 Å². The van der Waals surface area contributed by atoms with Crippen molar-refractivity contribution in [3.05, 3.63) is 93.0 Å². The number of hydrogen-bond donors (Lipinski definition) is 2. The number of nitrogens with one attached hydrogen (secondary N) is 2. The number of ketones is 1. The lowest BCUT2D eigenvalue weighted by atomic mass is 9.87. The van der Waals surface area contributed by atoms with Crippen LogP contribution in [0.3, 0.4) is 0 Å². The molecule has 1 aliphatic heterocycles. The van der Waals surface area contributed by atoms with Crippen LogP contribution in [-0.4, -0.2) is 36.6 Å². The SMILES string of the molecule is CCOc1cc(C[NH+]2CC[C@H]3C(CC(=O)c4c[nH]c5cc(Cl)ccc5c4=O)CC[C@H]32)cc(OCC)c1-c1ccc(F)cc1. The van der Waals surface area contributed by atoms with Gasteiger partial charge in [-0.3, -0.25) is 9.59 Å². The molecule has 0 spiro atoms. The Morgan fingerprint density at radius 1 is 1.00 bits per heavy atom. The van der Waals surface area contributed by atoms with E-state index in [4.69, 9.17) is 21.1 Å². The second-order valence-corrected chi connectivity index (χ2v) is 12.1. The number of quaternary nitrogens is 1. The van der Waals surface area contributed by atoms with Gasteiger partial charge in [-0.15, -0.1) is 0 Å². The van der Waals surface area contributed by atoms with E-state index < -0.39 is 0 Å². The minimum absolute atomic E-state index is 0.0868. The van der Waals surface area contributed by atoms with E-state index in [1.54, 1.807) is 36.5 Å². The van der Waals surface area contributed by atoms with Crippen LogP contribution in [0.25, 0.3) is 22.0 Å². The number of pyridine rings is 1. The molecule has 6 nitrogen and oxygen atoms in total.